The second-order valence-electron chi connectivity index (χ2n) is 3.25. The number of benzene rings is 1. The van der Waals surface area contributed by atoms with Gasteiger partial charge in [0.05, 0.1) is 11.3 Å². The van der Waals surface area contributed by atoms with E-state index >= 15 is 0 Å². The van der Waals surface area contributed by atoms with Crippen molar-refractivity contribution in [3.63, 3.8) is 0 Å². The third-order valence-electron chi connectivity index (χ3n) is 2.06. The van der Waals surface area contributed by atoms with E-state index in [4.69, 9.17) is 5.11 Å². The van der Waals surface area contributed by atoms with Crippen molar-refractivity contribution in [1.29, 1.82) is 0 Å². The fraction of sp³-hybridized carbons (Fsp3) is 0.250. The lowest BCUT2D eigenvalue weighted by Gasteiger charge is -2.05. The summed E-state index contributed by atoms with van der Waals surface area (Å²) in [6.07, 6.45) is 0. The van der Waals surface area contributed by atoms with Crippen molar-refractivity contribution < 1.29 is 9.90 Å². The molecule has 0 saturated carbocycles. The zero-order chi connectivity index (χ0) is 11.4. The summed E-state index contributed by atoms with van der Waals surface area (Å²) in [6.45, 7) is 3.56. The molecule has 0 bridgehead atoms. The molecule has 1 aromatic rings. The summed E-state index contributed by atoms with van der Waals surface area (Å²) in [5, 5.41) is 8.97. The molecule has 0 fully saturated rings. The highest BCUT2D eigenvalue weighted by atomic mass is 32.1. The molecule has 0 aliphatic rings. The highest BCUT2D eigenvalue weighted by Gasteiger charge is 2.10. The fourth-order valence-electron chi connectivity index (χ4n) is 1.51. The van der Waals surface area contributed by atoms with Crippen LogP contribution >= 0.6 is 12.6 Å². The van der Waals surface area contributed by atoms with Crippen molar-refractivity contribution >= 4 is 18.6 Å². The Bertz CT molecular complexity index is 429. The maximum Gasteiger partial charge on any atom is 0.336 e. The summed E-state index contributed by atoms with van der Waals surface area (Å²) >= 11 is 3.99. The van der Waals surface area contributed by atoms with Crippen molar-refractivity contribution in [2.75, 3.05) is 5.75 Å². The first-order valence-corrected chi connectivity index (χ1v) is 5.13. The number of carbonyl (C=O) groups is 1. The molecule has 1 aromatic carbocycles. The Morgan fingerprint density at radius 3 is 2.33 bits per heavy atom. The zero-order valence-electron chi connectivity index (χ0n) is 8.66. The number of aromatic carboxylic acids is 1. The molecule has 3 heteroatoms. The number of rotatable bonds is 1. The van der Waals surface area contributed by atoms with Gasteiger partial charge in [0.25, 0.3) is 0 Å². The molecule has 1 N–H and O–H groups in total. The van der Waals surface area contributed by atoms with E-state index in [-0.39, 0.29) is 0 Å². The molecule has 1 rings (SSSR count). The number of aryl methyl sites for hydroxylation is 2. The summed E-state index contributed by atoms with van der Waals surface area (Å²) in [6, 6.07) is 3.57. The molecule has 0 atom stereocenters. The number of hydrogen-bond donors (Lipinski definition) is 2. The smallest absolute Gasteiger partial charge is 0.336 e. The van der Waals surface area contributed by atoms with Crippen molar-refractivity contribution in [3.8, 4) is 11.8 Å². The first-order chi connectivity index (χ1) is 7.06. The summed E-state index contributed by atoms with van der Waals surface area (Å²) in [5.41, 5.74) is 2.69. The van der Waals surface area contributed by atoms with Gasteiger partial charge in [-0.05, 0) is 37.1 Å². The van der Waals surface area contributed by atoms with E-state index in [0.29, 0.717) is 11.3 Å². The predicted octanol–water partition coefficient (Wildman–Crippen LogP) is 2.28. The van der Waals surface area contributed by atoms with E-state index in [1.807, 2.05) is 0 Å². The van der Waals surface area contributed by atoms with Gasteiger partial charge in [-0.15, -0.1) is 0 Å². The van der Waals surface area contributed by atoms with Gasteiger partial charge in [-0.2, -0.15) is 12.6 Å². The minimum Gasteiger partial charge on any atom is -0.478 e. The van der Waals surface area contributed by atoms with Crippen molar-refractivity contribution in [2.24, 2.45) is 0 Å². The highest BCUT2D eigenvalue weighted by Crippen LogP contribution is 2.16. The van der Waals surface area contributed by atoms with Gasteiger partial charge in [-0.25, -0.2) is 4.79 Å². The van der Waals surface area contributed by atoms with Crippen LogP contribution in [0.1, 0.15) is 27.0 Å². The second kappa shape index (κ2) is 4.90. The van der Waals surface area contributed by atoms with Crippen LogP contribution in [0.5, 0.6) is 0 Å². The Balaban J connectivity index is 3.25. The molecule has 0 aliphatic heterocycles. The van der Waals surface area contributed by atoms with Crippen LogP contribution in [0, 0.1) is 25.7 Å². The molecule has 78 valence electrons. The molecule has 15 heavy (non-hydrogen) atoms. The van der Waals surface area contributed by atoms with Gasteiger partial charge in [0.15, 0.2) is 0 Å². The Labute approximate surface area is 94.7 Å². The molecule has 0 saturated heterocycles. The summed E-state index contributed by atoms with van der Waals surface area (Å²) < 4.78 is 0. The van der Waals surface area contributed by atoms with Crippen LogP contribution < -0.4 is 0 Å². The number of thiol groups is 1. The Morgan fingerprint density at radius 2 is 1.93 bits per heavy atom. The maximum atomic E-state index is 10.9. The Hall–Kier alpha value is -1.40. The lowest BCUT2D eigenvalue weighted by Crippen LogP contribution is -2.03. The van der Waals surface area contributed by atoms with Crippen LogP contribution in [0.25, 0.3) is 0 Å². The second-order valence-corrected chi connectivity index (χ2v) is 3.57. The average molecular weight is 220 g/mol. The van der Waals surface area contributed by atoms with E-state index < -0.39 is 5.97 Å². The highest BCUT2D eigenvalue weighted by molar-refractivity contribution is 7.80. The largest absolute Gasteiger partial charge is 0.478 e. The van der Waals surface area contributed by atoms with Gasteiger partial charge in [-0.1, -0.05) is 11.8 Å². The first kappa shape index (κ1) is 11.7. The van der Waals surface area contributed by atoms with E-state index in [0.717, 1.165) is 16.7 Å². The predicted molar refractivity (Wildman–Crippen MR) is 63.6 cm³/mol. The number of carboxylic acid groups (broad SMARTS) is 1. The molecular formula is C12H12O2S. The molecule has 0 aromatic heterocycles. The molecule has 0 radical (unpaired) electrons. The zero-order valence-corrected chi connectivity index (χ0v) is 9.56. The molecular weight excluding hydrogens is 208 g/mol. The van der Waals surface area contributed by atoms with E-state index in [1.54, 1.807) is 26.0 Å². The Kier molecular flexibility index (Phi) is 3.81. The standard InChI is InChI=1S/C12H12O2S/c1-8-6-10(4-3-5-15)7-9(2)11(8)12(13)14/h6-7,15H,5H2,1-2H3,(H,13,14). The third kappa shape index (κ3) is 2.77. The van der Waals surface area contributed by atoms with Crippen LogP contribution in [-0.2, 0) is 0 Å². The lowest BCUT2D eigenvalue weighted by atomic mass is 9.99. The monoisotopic (exact) mass is 220 g/mol. The van der Waals surface area contributed by atoms with Gasteiger partial charge >= 0.3 is 5.97 Å². The molecule has 0 unspecified atom stereocenters. The van der Waals surface area contributed by atoms with Crippen LogP contribution in [0.3, 0.4) is 0 Å². The molecule has 0 amide bonds. The molecule has 0 spiro atoms. The SMILES string of the molecule is Cc1cc(C#CCS)cc(C)c1C(=O)O. The van der Waals surface area contributed by atoms with Gasteiger partial charge < -0.3 is 5.11 Å². The van der Waals surface area contributed by atoms with Crippen molar-refractivity contribution in [2.45, 2.75) is 13.8 Å². The molecule has 0 heterocycles. The fourth-order valence-corrected chi connectivity index (χ4v) is 1.59. The summed E-state index contributed by atoms with van der Waals surface area (Å²) in [7, 11) is 0. The van der Waals surface area contributed by atoms with Crippen LogP contribution in [0.4, 0.5) is 0 Å². The normalized spacial score (nSPS) is 9.27. The van der Waals surface area contributed by atoms with E-state index in [1.165, 1.54) is 0 Å². The molecule has 2 nitrogen and oxygen atoms in total. The molecule has 0 aliphatic carbocycles. The lowest BCUT2D eigenvalue weighted by molar-refractivity contribution is 0.0695. The van der Waals surface area contributed by atoms with Gasteiger partial charge in [0.2, 0.25) is 0 Å². The van der Waals surface area contributed by atoms with Crippen LogP contribution in [-0.4, -0.2) is 16.8 Å². The van der Waals surface area contributed by atoms with Crippen molar-refractivity contribution in [3.05, 3.63) is 34.4 Å². The summed E-state index contributed by atoms with van der Waals surface area (Å²) in [5.74, 6) is 5.37. The summed E-state index contributed by atoms with van der Waals surface area (Å²) in [4.78, 5) is 10.9. The van der Waals surface area contributed by atoms with Crippen LogP contribution in [0.2, 0.25) is 0 Å². The Morgan fingerprint density at radius 1 is 1.40 bits per heavy atom. The third-order valence-corrected chi connectivity index (χ3v) is 2.22. The van der Waals surface area contributed by atoms with E-state index in [2.05, 4.69) is 24.5 Å². The minimum atomic E-state index is -0.890. The number of carboxylic acids is 1. The number of hydrogen-bond acceptors (Lipinski definition) is 2. The average Bonchev–Trinajstić information content (AvgIpc) is 2.12. The first-order valence-electron chi connectivity index (χ1n) is 4.50. The topological polar surface area (TPSA) is 37.3 Å². The minimum absolute atomic E-state index is 0.367. The van der Waals surface area contributed by atoms with Gasteiger partial charge in [0, 0.05) is 5.56 Å². The van der Waals surface area contributed by atoms with Crippen LogP contribution in [0.15, 0.2) is 12.1 Å². The quantitative estimate of drug-likeness (QED) is 0.563. The van der Waals surface area contributed by atoms with Gasteiger partial charge in [-0.3, -0.25) is 0 Å². The van der Waals surface area contributed by atoms with Gasteiger partial charge in [0.1, 0.15) is 0 Å². The maximum absolute atomic E-state index is 10.9. The van der Waals surface area contributed by atoms with E-state index in [9.17, 15) is 4.79 Å². The van der Waals surface area contributed by atoms with Crippen molar-refractivity contribution in [1.82, 2.24) is 0 Å².